The monoisotopic (exact) mass is 450 g/mol. The third kappa shape index (κ3) is 4.22. The van der Waals surface area contributed by atoms with Gasteiger partial charge in [0.15, 0.2) is 10.9 Å². The number of hydrogen-bond donors (Lipinski definition) is 2. The molecule has 1 aromatic heterocycles. The molecule has 1 saturated carbocycles. The first-order valence-electron chi connectivity index (χ1n) is 9.42. The maximum Gasteiger partial charge on any atom is 0.451 e. The van der Waals surface area contributed by atoms with Crippen molar-refractivity contribution in [2.75, 3.05) is 16.8 Å². The van der Waals surface area contributed by atoms with Gasteiger partial charge in [-0.05, 0) is 62.7 Å². The third-order valence-corrected chi connectivity index (χ3v) is 5.76. The van der Waals surface area contributed by atoms with Crippen molar-refractivity contribution in [2.24, 2.45) is 0 Å². The molecule has 11 heteroatoms. The highest BCUT2D eigenvalue weighted by molar-refractivity contribution is 7.80. The van der Waals surface area contributed by atoms with Crippen molar-refractivity contribution < 1.29 is 18.0 Å². The molecule has 2 aromatic rings. The number of aldehydes is 1. The molecule has 164 valence electrons. The largest absolute Gasteiger partial charge is 0.451 e. The first kappa shape index (κ1) is 22.6. The summed E-state index contributed by atoms with van der Waals surface area (Å²) in [5, 5.41) is 19.0. The van der Waals surface area contributed by atoms with Crippen LogP contribution in [0.4, 0.5) is 24.7 Å². The maximum absolute atomic E-state index is 13.0. The topological polar surface area (TPSA) is 89.1 Å². The maximum atomic E-state index is 13.0. The van der Waals surface area contributed by atoms with Gasteiger partial charge >= 0.3 is 6.18 Å². The number of anilines is 2. The third-order valence-electron chi connectivity index (χ3n) is 5.30. The van der Waals surface area contributed by atoms with Crippen molar-refractivity contribution in [1.82, 2.24) is 9.78 Å². The zero-order valence-electron chi connectivity index (χ0n) is 16.9. The number of aryl methyl sites for hydroxylation is 1. The molecule has 0 aliphatic heterocycles. The van der Waals surface area contributed by atoms with Crippen molar-refractivity contribution in [1.29, 1.82) is 10.8 Å². The Bertz CT molecular complexity index is 1080. The lowest BCUT2D eigenvalue weighted by molar-refractivity contribution is -0.114. The van der Waals surface area contributed by atoms with Crippen LogP contribution in [0.2, 0.25) is 0 Å². The van der Waals surface area contributed by atoms with Crippen LogP contribution in [-0.2, 0) is 4.79 Å². The van der Waals surface area contributed by atoms with Gasteiger partial charge in [0.25, 0.3) is 0 Å². The van der Waals surface area contributed by atoms with Gasteiger partial charge in [-0.3, -0.25) is 10.8 Å². The number of benzene rings is 1. The van der Waals surface area contributed by atoms with Crippen LogP contribution in [-0.4, -0.2) is 45.8 Å². The number of nitrogens with one attached hydrogen (secondary N) is 2. The highest BCUT2D eigenvalue weighted by Crippen LogP contribution is 2.40. The Labute approximate surface area is 182 Å². The zero-order chi connectivity index (χ0) is 23.0. The Morgan fingerprint density at radius 1 is 1.23 bits per heavy atom. The minimum absolute atomic E-state index is 0.00693. The number of rotatable bonds is 4. The van der Waals surface area contributed by atoms with E-state index in [9.17, 15) is 18.0 Å². The number of thiocarbonyl (C=S) groups is 1. The molecule has 1 aliphatic rings. The van der Waals surface area contributed by atoms with Gasteiger partial charge in [0.05, 0.1) is 0 Å². The molecule has 31 heavy (non-hydrogen) atoms. The van der Waals surface area contributed by atoms with Gasteiger partial charge in [0, 0.05) is 12.7 Å². The van der Waals surface area contributed by atoms with Crippen LogP contribution in [0.1, 0.15) is 24.8 Å². The lowest BCUT2D eigenvalue weighted by Gasteiger charge is -2.48. The van der Waals surface area contributed by atoms with Gasteiger partial charge in [-0.15, -0.1) is 5.10 Å². The number of carbonyl (C=O) groups is 1. The average molecular weight is 450 g/mol. The van der Waals surface area contributed by atoms with Gasteiger partial charge in [-0.2, -0.15) is 17.9 Å². The number of nitrogens with zero attached hydrogens (tertiary/aromatic N) is 4. The number of carbonyl (C=O) groups excluding carboxylic acids is 1. The highest BCUT2D eigenvalue weighted by Gasteiger charge is 2.45. The van der Waals surface area contributed by atoms with E-state index in [1.165, 1.54) is 18.0 Å². The molecule has 0 radical (unpaired) electrons. The molecule has 3 rings (SSSR count). The molecule has 0 saturated heterocycles. The summed E-state index contributed by atoms with van der Waals surface area (Å²) in [5.41, 5.74) is 0.271. The minimum Gasteiger partial charge on any atom is -0.306 e. The molecule has 1 aliphatic carbocycles. The molecular formula is C20H21F3N6OS. The molecule has 1 fully saturated rings. The smallest absolute Gasteiger partial charge is 0.306 e. The summed E-state index contributed by atoms with van der Waals surface area (Å²) in [4.78, 5) is 15.1. The Morgan fingerprint density at radius 3 is 2.32 bits per heavy atom. The standard InChI is InChI=1S/C20H21F3N6OS/c1-13-4-6-14(7-5-13)28(19(12-30)10-3-11-19)18(31)27(2)16-9-8-15(24)29(26-16)17(25)20(21,22)23/h4-9,12,24-25H,3,10-11H2,1-2H3. The number of alkyl halides is 3. The van der Waals surface area contributed by atoms with Crippen LogP contribution >= 0.6 is 12.2 Å². The summed E-state index contributed by atoms with van der Waals surface area (Å²) in [6.07, 6.45) is -2.07. The Kier molecular flexibility index (Phi) is 5.99. The van der Waals surface area contributed by atoms with E-state index in [2.05, 4.69) is 5.10 Å². The zero-order valence-corrected chi connectivity index (χ0v) is 17.7. The highest BCUT2D eigenvalue weighted by atomic mass is 32.1. The Hall–Kier alpha value is -3.08. The summed E-state index contributed by atoms with van der Waals surface area (Å²) < 4.78 is 39.2. The van der Waals surface area contributed by atoms with Gasteiger partial charge in [-0.1, -0.05) is 17.7 Å². The number of aromatic nitrogens is 2. The summed E-state index contributed by atoms with van der Waals surface area (Å²) in [6, 6.07) is 9.88. The second-order valence-electron chi connectivity index (χ2n) is 7.42. The second-order valence-corrected chi connectivity index (χ2v) is 7.79. The van der Waals surface area contributed by atoms with E-state index in [1.807, 2.05) is 31.2 Å². The molecule has 2 N–H and O–H groups in total. The van der Waals surface area contributed by atoms with Gasteiger partial charge in [-0.25, -0.2) is 0 Å². The molecular weight excluding hydrogens is 429 g/mol. The second kappa shape index (κ2) is 8.22. The first-order valence-corrected chi connectivity index (χ1v) is 9.83. The molecule has 0 spiro atoms. The fraction of sp³-hybridized carbons (Fsp3) is 0.350. The van der Waals surface area contributed by atoms with Crippen LogP contribution in [0.3, 0.4) is 0 Å². The van der Waals surface area contributed by atoms with Crippen LogP contribution < -0.4 is 15.3 Å². The molecule has 1 aromatic carbocycles. The molecule has 0 atom stereocenters. The Morgan fingerprint density at radius 2 is 1.84 bits per heavy atom. The lowest BCUT2D eigenvalue weighted by atomic mass is 9.76. The quantitative estimate of drug-likeness (QED) is 0.323. The molecule has 0 unspecified atom stereocenters. The normalized spacial score (nSPS) is 15.0. The van der Waals surface area contributed by atoms with Crippen molar-refractivity contribution >= 4 is 41.0 Å². The summed E-state index contributed by atoms with van der Waals surface area (Å²) in [5.74, 6) is -1.77. The van der Waals surface area contributed by atoms with Crippen molar-refractivity contribution in [3.63, 3.8) is 0 Å². The van der Waals surface area contributed by atoms with Gasteiger partial charge in [0.2, 0.25) is 5.84 Å². The summed E-state index contributed by atoms with van der Waals surface area (Å²) in [6.45, 7) is 1.93. The van der Waals surface area contributed by atoms with Crippen LogP contribution in [0.25, 0.3) is 0 Å². The SMILES string of the molecule is Cc1ccc(N(C(=S)N(C)c2ccc(=N)n(C(=N)C(F)(F)F)n2)C2(C=O)CCC2)cc1. The number of halogens is 3. The summed E-state index contributed by atoms with van der Waals surface area (Å²) in [7, 11) is 1.52. The molecule has 0 bridgehead atoms. The van der Waals surface area contributed by atoms with E-state index in [-0.39, 0.29) is 15.6 Å². The van der Waals surface area contributed by atoms with E-state index in [0.29, 0.717) is 18.5 Å². The predicted molar refractivity (Wildman–Crippen MR) is 115 cm³/mol. The average Bonchev–Trinajstić information content (AvgIpc) is 2.69. The van der Waals surface area contributed by atoms with E-state index >= 15 is 0 Å². The molecule has 7 nitrogen and oxygen atoms in total. The van der Waals surface area contributed by atoms with E-state index < -0.39 is 23.0 Å². The fourth-order valence-corrected chi connectivity index (χ4v) is 3.70. The van der Waals surface area contributed by atoms with Crippen molar-refractivity contribution in [3.8, 4) is 0 Å². The van der Waals surface area contributed by atoms with Crippen molar-refractivity contribution in [2.45, 2.75) is 37.9 Å². The fourth-order valence-electron chi connectivity index (χ4n) is 3.32. The van der Waals surface area contributed by atoms with E-state index in [4.69, 9.17) is 23.0 Å². The Balaban J connectivity index is 2.03. The van der Waals surface area contributed by atoms with Gasteiger partial charge < -0.3 is 14.6 Å². The summed E-state index contributed by atoms with van der Waals surface area (Å²) >= 11 is 5.65. The first-order chi connectivity index (χ1) is 14.5. The number of hydrogen-bond acceptors (Lipinski definition) is 5. The molecule has 1 heterocycles. The molecule has 0 amide bonds. The lowest BCUT2D eigenvalue weighted by Crippen LogP contribution is -2.61. The minimum atomic E-state index is -4.97. The van der Waals surface area contributed by atoms with E-state index in [1.54, 1.807) is 4.90 Å². The van der Waals surface area contributed by atoms with E-state index in [0.717, 1.165) is 24.3 Å². The predicted octanol–water partition coefficient (Wildman–Crippen LogP) is 3.41. The van der Waals surface area contributed by atoms with Crippen LogP contribution in [0, 0.1) is 17.7 Å². The van der Waals surface area contributed by atoms with Crippen LogP contribution in [0.15, 0.2) is 36.4 Å². The van der Waals surface area contributed by atoms with Crippen LogP contribution in [0.5, 0.6) is 0 Å². The van der Waals surface area contributed by atoms with Gasteiger partial charge in [0.1, 0.15) is 17.3 Å². The van der Waals surface area contributed by atoms with Crippen molar-refractivity contribution in [3.05, 3.63) is 47.4 Å².